The highest BCUT2D eigenvalue weighted by molar-refractivity contribution is 7.99. The lowest BCUT2D eigenvalue weighted by Crippen LogP contribution is -2.28. The number of hydrogen-bond acceptors (Lipinski definition) is 4. The standard InChI is InChI=1S/C19H16N2O3S/c1-13-17(14(2)22)12-21(15-7-6-10-20(24)11-15)19(23)18(13)25-16-8-4-3-5-9-16/h3-12H,1-2H3. The summed E-state index contributed by atoms with van der Waals surface area (Å²) >= 11 is 1.31. The molecule has 0 saturated heterocycles. The van der Waals surface area contributed by atoms with Crippen molar-refractivity contribution in [2.45, 2.75) is 23.6 Å². The molecule has 0 aliphatic rings. The van der Waals surface area contributed by atoms with Gasteiger partial charge in [0.1, 0.15) is 5.69 Å². The molecule has 0 atom stereocenters. The fourth-order valence-electron chi connectivity index (χ4n) is 2.54. The number of aromatic nitrogens is 2. The minimum Gasteiger partial charge on any atom is -0.619 e. The molecule has 5 nitrogen and oxygen atoms in total. The van der Waals surface area contributed by atoms with Crippen molar-refractivity contribution in [3.8, 4) is 5.69 Å². The lowest BCUT2D eigenvalue weighted by Gasteiger charge is -2.13. The third kappa shape index (κ3) is 3.49. The van der Waals surface area contributed by atoms with Crippen LogP contribution in [0, 0.1) is 12.1 Å². The van der Waals surface area contributed by atoms with Crippen molar-refractivity contribution in [1.29, 1.82) is 0 Å². The van der Waals surface area contributed by atoms with Gasteiger partial charge in [0.15, 0.2) is 12.0 Å². The number of rotatable bonds is 4. The van der Waals surface area contributed by atoms with Gasteiger partial charge < -0.3 is 5.21 Å². The summed E-state index contributed by atoms with van der Waals surface area (Å²) in [5.41, 5.74) is 1.26. The van der Waals surface area contributed by atoms with E-state index in [-0.39, 0.29) is 11.3 Å². The Hall–Kier alpha value is -2.86. The van der Waals surface area contributed by atoms with Crippen LogP contribution >= 0.6 is 11.8 Å². The van der Waals surface area contributed by atoms with Crippen molar-refractivity contribution in [1.82, 2.24) is 4.57 Å². The van der Waals surface area contributed by atoms with Crippen LogP contribution < -0.4 is 10.3 Å². The zero-order chi connectivity index (χ0) is 18.0. The second kappa shape index (κ2) is 6.94. The molecule has 2 heterocycles. The average molecular weight is 352 g/mol. The zero-order valence-electron chi connectivity index (χ0n) is 13.8. The Morgan fingerprint density at radius 1 is 1.16 bits per heavy atom. The summed E-state index contributed by atoms with van der Waals surface area (Å²) in [7, 11) is 0. The Kier molecular flexibility index (Phi) is 4.72. The average Bonchev–Trinajstić information content (AvgIpc) is 2.59. The molecule has 0 radical (unpaired) electrons. The van der Waals surface area contributed by atoms with Gasteiger partial charge in [-0.2, -0.15) is 4.73 Å². The van der Waals surface area contributed by atoms with Crippen LogP contribution in [0.25, 0.3) is 5.69 Å². The van der Waals surface area contributed by atoms with Crippen molar-refractivity contribution in [3.05, 3.63) is 87.7 Å². The maximum absolute atomic E-state index is 13.0. The van der Waals surface area contributed by atoms with E-state index in [2.05, 4.69) is 0 Å². The molecule has 2 aromatic heterocycles. The second-order valence-electron chi connectivity index (χ2n) is 5.57. The number of ketones is 1. The fraction of sp³-hybridized carbons (Fsp3) is 0.105. The molecule has 6 heteroatoms. The van der Waals surface area contributed by atoms with Gasteiger partial charge in [-0.3, -0.25) is 14.2 Å². The van der Waals surface area contributed by atoms with Crippen molar-refractivity contribution in [2.24, 2.45) is 0 Å². The molecular weight excluding hydrogens is 336 g/mol. The number of benzene rings is 1. The van der Waals surface area contributed by atoms with Crippen molar-refractivity contribution in [3.63, 3.8) is 0 Å². The highest BCUT2D eigenvalue weighted by atomic mass is 32.2. The Morgan fingerprint density at radius 3 is 2.52 bits per heavy atom. The van der Waals surface area contributed by atoms with Crippen molar-refractivity contribution in [2.75, 3.05) is 0 Å². The first-order chi connectivity index (χ1) is 12.0. The van der Waals surface area contributed by atoms with Crippen LogP contribution in [0.15, 0.2) is 75.6 Å². The minimum absolute atomic E-state index is 0.132. The van der Waals surface area contributed by atoms with E-state index in [1.54, 1.807) is 19.1 Å². The number of hydrogen-bond donors (Lipinski definition) is 0. The lowest BCUT2D eigenvalue weighted by atomic mass is 10.1. The predicted octanol–water partition coefficient (Wildman–Crippen LogP) is 3.13. The van der Waals surface area contributed by atoms with Gasteiger partial charge in [-0.15, -0.1) is 0 Å². The summed E-state index contributed by atoms with van der Waals surface area (Å²) < 4.78 is 1.97. The van der Waals surface area contributed by atoms with Crippen LogP contribution in [-0.4, -0.2) is 10.4 Å². The molecular formula is C19H16N2O3S. The van der Waals surface area contributed by atoms with Gasteiger partial charge in [-0.1, -0.05) is 30.0 Å². The Bertz CT molecular complexity index is 997. The number of nitrogens with zero attached hydrogens (tertiary/aromatic N) is 2. The third-order valence-corrected chi connectivity index (χ3v) is 4.99. The second-order valence-corrected chi connectivity index (χ2v) is 6.65. The fourth-order valence-corrected chi connectivity index (χ4v) is 3.51. The van der Waals surface area contributed by atoms with E-state index in [1.165, 1.54) is 41.8 Å². The Balaban J connectivity index is 2.23. The number of carbonyl (C=O) groups is 1. The molecule has 0 bridgehead atoms. The molecule has 0 saturated carbocycles. The van der Waals surface area contributed by atoms with Gasteiger partial charge in [0.25, 0.3) is 5.56 Å². The molecule has 0 amide bonds. The van der Waals surface area contributed by atoms with Crippen LogP contribution in [0.4, 0.5) is 0 Å². The summed E-state index contributed by atoms with van der Waals surface area (Å²) in [5.74, 6) is -0.132. The van der Waals surface area contributed by atoms with E-state index in [9.17, 15) is 14.8 Å². The summed E-state index contributed by atoms with van der Waals surface area (Å²) in [6.45, 7) is 3.24. The minimum atomic E-state index is -0.262. The van der Waals surface area contributed by atoms with Crippen molar-refractivity contribution >= 4 is 17.5 Å². The molecule has 0 N–H and O–H groups in total. The number of pyridine rings is 2. The molecule has 0 spiro atoms. The third-order valence-electron chi connectivity index (χ3n) is 3.80. The van der Waals surface area contributed by atoms with Gasteiger partial charge in [0, 0.05) is 22.7 Å². The first-order valence-corrected chi connectivity index (χ1v) is 8.48. The van der Waals surface area contributed by atoms with Crippen LogP contribution in [0.5, 0.6) is 0 Å². The largest absolute Gasteiger partial charge is 0.619 e. The summed E-state index contributed by atoms with van der Waals surface area (Å²) in [4.78, 5) is 26.4. The smallest absolute Gasteiger partial charge is 0.269 e. The van der Waals surface area contributed by atoms with Gasteiger partial charge in [0.05, 0.1) is 4.90 Å². The van der Waals surface area contributed by atoms with Crippen LogP contribution in [-0.2, 0) is 0 Å². The highest BCUT2D eigenvalue weighted by Crippen LogP contribution is 2.29. The topological polar surface area (TPSA) is 66.0 Å². The van der Waals surface area contributed by atoms with Gasteiger partial charge in [0.2, 0.25) is 6.20 Å². The first-order valence-electron chi connectivity index (χ1n) is 7.66. The molecule has 3 rings (SSSR count). The molecule has 0 aliphatic heterocycles. The summed E-state index contributed by atoms with van der Waals surface area (Å²) in [5, 5.41) is 11.6. The molecule has 0 fully saturated rings. The monoisotopic (exact) mass is 352 g/mol. The maximum Gasteiger partial charge on any atom is 0.269 e. The van der Waals surface area contributed by atoms with E-state index < -0.39 is 0 Å². The molecule has 3 aromatic rings. The zero-order valence-corrected chi connectivity index (χ0v) is 14.6. The van der Waals surface area contributed by atoms with Gasteiger partial charge in [-0.05, 0) is 37.6 Å². The van der Waals surface area contributed by atoms with E-state index in [4.69, 9.17) is 0 Å². The SMILES string of the molecule is CC(=O)c1cn(-c2ccc[n+]([O-])c2)c(=O)c(Sc2ccccc2)c1C. The van der Waals surface area contributed by atoms with Crippen molar-refractivity contribution < 1.29 is 9.52 Å². The van der Waals surface area contributed by atoms with Crippen LogP contribution in [0.3, 0.4) is 0 Å². The predicted molar refractivity (Wildman–Crippen MR) is 96.3 cm³/mol. The summed E-state index contributed by atoms with van der Waals surface area (Å²) in [6, 6.07) is 12.7. The van der Waals surface area contributed by atoms with Gasteiger partial charge >= 0.3 is 0 Å². The Morgan fingerprint density at radius 2 is 1.88 bits per heavy atom. The molecule has 25 heavy (non-hydrogen) atoms. The normalized spacial score (nSPS) is 10.6. The summed E-state index contributed by atoms with van der Waals surface area (Å²) in [6.07, 6.45) is 4.15. The number of Topliss-reactive ketones (excluding diaryl/α,β-unsaturated/α-hetero) is 1. The van der Waals surface area contributed by atoms with Crippen LogP contribution in [0.1, 0.15) is 22.8 Å². The van der Waals surface area contributed by atoms with Crippen LogP contribution in [0.2, 0.25) is 0 Å². The van der Waals surface area contributed by atoms with E-state index in [0.29, 0.717) is 26.4 Å². The highest BCUT2D eigenvalue weighted by Gasteiger charge is 2.18. The maximum atomic E-state index is 13.0. The molecule has 0 unspecified atom stereocenters. The van der Waals surface area contributed by atoms with E-state index in [0.717, 1.165) is 4.90 Å². The molecule has 126 valence electrons. The van der Waals surface area contributed by atoms with E-state index >= 15 is 0 Å². The number of carbonyl (C=O) groups excluding carboxylic acids is 1. The van der Waals surface area contributed by atoms with Gasteiger partial charge in [-0.25, -0.2) is 0 Å². The lowest BCUT2D eigenvalue weighted by molar-refractivity contribution is -0.605. The Labute approximate surface area is 149 Å². The molecule has 0 aliphatic carbocycles. The quantitative estimate of drug-likeness (QED) is 0.411. The molecule has 1 aromatic carbocycles. The first kappa shape index (κ1) is 17.0. The van der Waals surface area contributed by atoms with E-state index in [1.807, 2.05) is 30.3 Å².